The third-order valence-electron chi connectivity index (χ3n) is 0.213. The van der Waals surface area contributed by atoms with Gasteiger partial charge in [0, 0.05) is 0 Å². The van der Waals surface area contributed by atoms with E-state index in [9.17, 15) is 0 Å². The fourth-order valence-corrected chi connectivity index (χ4v) is 3.30. The number of hydrogen-bond acceptors (Lipinski definition) is 4. The second kappa shape index (κ2) is 6.68. The van der Waals surface area contributed by atoms with E-state index in [1.807, 2.05) is 0 Å². The molecule has 0 atom stereocenters. The molecule has 0 aliphatic carbocycles. The van der Waals surface area contributed by atoms with Crippen molar-refractivity contribution < 1.29 is 33.7 Å². The summed E-state index contributed by atoms with van der Waals surface area (Å²) in [6, 6.07) is 0. The van der Waals surface area contributed by atoms with Crippen LogP contribution in [-0.4, -0.2) is 29.4 Å². The Morgan fingerprint density at radius 3 is 0.929 bits per heavy atom. The Bertz CT molecular complexity index is 264. The van der Waals surface area contributed by atoms with Crippen molar-refractivity contribution in [1.29, 1.82) is 0 Å². The van der Waals surface area contributed by atoms with E-state index < -0.39 is 19.1 Å². The van der Waals surface area contributed by atoms with Crippen LogP contribution in [0.2, 0.25) is 0 Å². The lowest BCUT2D eigenvalue weighted by Crippen LogP contribution is -1.83. The lowest BCUT2D eigenvalue weighted by atomic mass is 15.7. The molecule has 0 fully saturated rings. The van der Waals surface area contributed by atoms with Gasteiger partial charge >= 0.3 is 13.4 Å². The third-order valence-corrected chi connectivity index (χ3v) is 3.11. The molecule has 0 unspecified atom stereocenters. The molecule has 88 valence electrons. The van der Waals surface area contributed by atoms with Crippen molar-refractivity contribution in [2.75, 3.05) is 0 Å². The van der Waals surface area contributed by atoms with Gasteiger partial charge in [0.15, 0.2) is 0 Å². The van der Waals surface area contributed by atoms with E-state index in [0.717, 1.165) is 0 Å². The summed E-state index contributed by atoms with van der Waals surface area (Å²) in [7, 11) is 0. The highest BCUT2D eigenvalue weighted by Gasteiger charge is 2.19. The van der Waals surface area contributed by atoms with E-state index in [4.69, 9.17) is 29.4 Å². The summed E-state index contributed by atoms with van der Waals surface area (Å²) in [6.45, 7) is -8.02. The zero-order chi connectivity index (χ0) is 12.2. The van der Waals surface area contributed by atoms with E-state index in [0.29, 0.717) is 0 Å². The molecule has 0 aliphatic heterocycles. The van der Waals surface area contributed by atoms with Crippen LogP contribution in [0.3, 0.4) is 0 Å². The molecule has 14 heavy (non-hydrogen) atoms. The predicted molar refractivity (Wildman–Crippen MR) is 66.2 cm³/mol. The van der Waals surface area contributed by atoms with Crippen molar-refractivity contribution in [3.8, 4) is 0 Å². The molecule has 0 amide bonds. The molecule has 0 aliphatic rings. The van der Waals surface area contributed by atoms with Crippen LogP contribution in [-0.2, 0) is 39.7 Å². The predicted octanol–water partition coefficient (Wildman–Crippen LogP) is -0.454. The highest BCUT2D eigenvalue weighted by molar-refractivity contribution is 8.59. The summed E-state index contributed by atoms with van der Waals surface area (Å²) >= 11 is 14.8. The van der Waals surface area contributed by atoms with Gasteiger partial charge in [-0.1, -0.05) is 12.2 Å². The molecule has 0 radical (unpaired) electrons. The standard InChI is InChI=1S/H4O5P2S2.H3O2PS2/c1-6(2,8)5-7(3,4)9;1-3(2,4)5/h(H2,1,2,8)(H2,3,4,9);(H3,1,2,4,5). The minimum atomic E-state index is -4.01. The maximum absolute atomic E-state index is 8.25. The van der Waals surface area contributed by atoms with Crippen molar-refractivity contribution >= 4 is 66.8 Å². The summed E-state index contributed by atoms with van der Waals surface area (Å²) < 4.78 is 3.70. The molecule has 0 aromatic heterocycles. The molecule has 0 saturated heterocycles. The minimum Gasteiger partial charge on any atom is -0.338 e. The molecular weight excluding hydrogens is 333 g/mol. The van der Waals surface area contributed by atoms with Crippen LogP contribution in [0.25, 0.3) is 0 Å². The topological polar surface area (TPSA) is 131 Å². The molecule has 0 aromatic rings. The number of hydrogen-bond donors (Lipinski definition) is 7. The molecule has 0 saturated carbocycles. The largest absolute Gasteiger partial charge is 0.338 e. The highest BCUT2D eigenvalue weighted by Crippen LogP contribution is 2.54. The lowest BCUT2D eigenvalue weighted by Gasteiger charge is -2.10. The average molecular weight is 340 g/mol. The lowest BCUT2D eigenvalue weighted by molar-refractivity contribution is 0.319. The van der Waals surface area contributed by atoms with Crippen LogP contribution in [0, 0.1) is 0 Å². The van der Waals surface area contributed by atoms with Crippen LogP contribution in [0.15, 0.2) is 0 Å². The van der Waals surface area contributed by atoms with Gasteiger partial charge in [-0.2, -0.15) is 0 Å². The minimum absolute atomic E-state index is 3.11. The summed E-state index contributed by atoms with van der Waals surface area (Å²) in [5.41, 5.74) is -3.11. The smallest absolute Gasteiger partial charge is 0.329 e. The number of thiol groups is 1. The molecule has 0 heterocycles. The molecule has 6 N–H and O–H groups in total. The molecule has 0 bridgehead atoms. The first-order valence-corrected chi connectivity index (χ1v) is 11.4. The van der Waals surface area contributed by atoms with Crippen molar-refractivity contribution in [1.82, 2.24) is 0 Å². The van der Waals surface area contributed by atoms with E-state index in [1.165, 1.54) is 0 Å². The molecule has 0 rings (SSSR count). The SMILES string of the molecule is OP(O)(=S)OP(O)(O)=S.OP(O)(=S)S. The molecule has 14 heteroatoms. The maximum atomic E-state index is 8.25. The van der Waals surface area contributed by atoms with Gasteiger partial charge in [0.05, 0.1) is 0 Å². The van der Waals surface area contributed by atoms with E-state index >= 15 is 0 Å². The van der Waals surface area contributed by atoms with Gasteiger partial charge in [-0.3, -0.25) is 0 Å². The molecule has 7 nitrogen and oxygen atoms in total. The quantitative estimate of drug-likeness (QED) is 0.262. The Labute approximate surface area is 100 Å². The Balaban J connectivity index is 0. The summed E-state index contributed by atoms with van der Waals surface area (Å²) in [4.78, 5) is 48.7. The van der Waals surface area contributed by atoms with Gasteiger partial charge in [-0.25, -0.2) is 4.31 Å². The first kappa shape index (κ1) is 18.4. The fourth-order valence-electron chi connectivity index (χ4n) is 0.139. The van der Waals surface area contributed by atoms with E-state index in [1.54, 1.807) is 0 Å². The second-order valence-electron chi connectivity index (χ2n) is 1.58. The average Bonchev–Trinajstić information content (AvgIpc) is 1.42. The highest BCUT2D eigenvalue weighted by atomic mass is 32.9. The van der Waals surface area contributed by atoms with Gasteiger partial charge in [0.1, 0.15) is 0 Å². The number of rotatable bonds is 2. The monoisotopic (exact) mass is 340 g/mol. The van der Waals surface area contributed by atoms with Crippen LogP contribution in [0.5, 0.6) is 0 Å². The van der Waals surface area contributed by atoms with Gasteiger partial charge in [0.25, 0.3) is 0 Å². The Morgan fingerprint density at radius 1 is 0.786 bits per heavy atom. The summed E-state index contributed by atoms with van der Waals surface area (Å²) in [5.74, 6) is 0. The van der Waals surface area contributed by atoms with Gasteiger partial charge in [-0.05, 0) is 35.4 Å². The van der Waals surface area contributed by atoms with Gasteiger partial charge in [0.2, 0.25) is 5.69 Å². The zero-order valence-electron chi connectivity index (χ0n) is 6.11. The van der Waals surface area contributed by atoms with E-state index in [2.05, 4.69) is 52.0 Å². The van der Waals surface area contributed by atoms with Crippen LogP contribution < -0.4 is 0 Å². The van der Waals surface area contributed by atoms with Crippen LogP contribution in [0.1, 0.15) is 0 Å². The summed E-state index contributed by atoms with van der Waals surface area (Å²) in [6.07, 6.45) is 0. The van der Waals surface area contributed by atoms with Crippen LogP contribution >= 0.6 is 31.4 Å². The Hall–Kier alpha value is 2.02. The molecule has 0 spiro atoms. The summed E-state index contributed by atoms with van der Waals surface area (Å²) in [5, 5.41) is 0. The van der Waals surface area contributed by atoms with Gasteiger partial charge in [-0.15, -0.1) is 0 Å². The van der Waals surface area contributed by atoms with Crippen molar-refractivity contribution in [3.63, 3.8) is 0 Å². The van der Waals surface area contributed by atoms with Gasteiger partial charge < -0.3 is 29.4 Å². The van der Waals surface area contributed by atoms with Crippen LogP contribution in [0.4, 0.5) is 0 Å². The van der Waals surface area contributed by atoms with E-state index in [-0.39, 0.29) is 0 Å². The third kappa shape index (κ3) is 37.0. The second-order valence-corrected chi connectivity index (χ2v) is 12.1. The maximum Gasteiger partial charge on any atom is 0.329 e. The fraction of sp³-hybridized carbons (Fsp3) is 0. The van der Waals surface area contributed by atoms with Crippen molar-refractivity contribution in [3.05, 3.63) is 0 Å². The Kier molecular flexibility index (Phi) is 8.78. The van der Waals surface area contributed by atoms with Crippen molar-refractivity contribution in [2.45, 2.75) is 0 Å². The Morgan fingerprint density at radius 2 is 0.929 bits per heavy atom. The normalized spacial score (nSPS) is 13.1. The molecular formula is H7O7P3S4. The zero-order valence-corrected chi connectivity index (χ0v) is 12.1. The first-order chi connectivity index (χ1) is 5.71. The first-order valence-electron chi connectivity index (χ1n) is 2.31. The molecule has 0 aromatic carbocycles. The van der Waals surface area contributed by atoms with Crippen molar-refractivity contribution in [2.24, 2.45) is 0 Å².